The van der Waals surface area contributed by atoms with E-state index < -0.39 is 8.32 Å². The molecule has 1 aromatic heterocycles. The molecule has 0 amide bonds. The molecule has 0 atom stereocenters. The third kappa shape index (κ3) is 3.12. The molecule has 2 rings (SSSR count). The lowest BCUT2D eigenvalue weighted by Crippen LogP contribution is -2.44. The Kier molecular flexibility index (Phi) is 5.19. The molecule has 0 radical (unpaired) electrons. The van der Waals surface area contributed by atoms with Gasteiger partial charge in [-0.25, -0.2) is 0 Å². The Morgan fingerprint density at radius 3 is 2.42 bits per heavy atom. The molecule has 0 saturated carbocycles. The van der Waals surface area contributed by atoms with Crippen molar-refractivity contribution in [3.8, 4) is 11.5 Å². The average molecular weight is 346 g/mol. The zero-order valence-electron chi connectivity index (χ0n) is 16.2. The second kappa shape index (κ2) is 6.67. The van der Waals surface area contributed by atoms with Gasteiger partial charge in [-0.05, 0) is 36.7 Å². The Labute approximate surface area is 147 Å². The summed E-state index contributed by atoms with van der Waals surface area (Å²) in [7, 11) is -0.227. The molecule has 0 bridgehead atoms. The predicted molar refractivity (Wildman–Crippen MR) is 106 cm³/mol. The van der Waals surface area contributed by atoms with E-state index in [1.807, 2.05) is 18.2 Å². The van der Waals surface area contributed by atoms with Crippen molar-refractivity contribution in [3.63, 3.8) is 0 Å². The highest BCUT2D eigenvalue weighted by Crippen LogP contribution is 2.44. The van der Waals surface area contributed by atoms with Crippen LogP contribution in [-0.2, 0) is 13.0 Å². The summed E-state index contributed by atoms with van der Waals surface area (Å²) in [6, 6.07) is 6.19. The first-order valence-corrected chi connectivity index (χ1v) is 11.6. The molecule has 0 fully saturated rings. The monoisotopic (exact) mass is 345 g/mol. The summed E-state index contributed by atoms with van der Waals surface area (Å²) in [5.74, 6) is 1.87. The van der Waals surface area contributed by atoms with Gasteiger partial charge in [-0.2, -0.15) is 0 Å². The van der Waals surface area contributed by atoms with E-state index in [9.17, 15) is 0 Å². The van der Waals surface area contributed by atoms with Crippen molar-refractivity contribution < 1.29 is 9.16 Å². The lowest BCUT2D eigenvalue weighted by Gasteiger charge is -2.36. The first kappa shape index (κ1) is 18.7. The van der Waals surface area contributed by atoms with E-state index in [0.717, 1.165) is 35.4 Å². The van der Waals surface area contributed by atoms with E-state index in [0.29, 0.717) is 0 Å². The van der Waals surface area contributed by atoms with Gasteiger partial charge in [0.2, 0.25) is 0 Å². The summed E-state index contributed by atoms with van der Waals surface area (Å²) in [6.45, 7) is 18.3. The lowest BCUT2D eigenvalue weighted by atomic mass is 10.2. The van der Waals surface area contributed by atoms with Crippen LogP contribution in [0.2, 0.25) is 18.1 Å². The van der Waals surface area contributed by atoms with Crippen molar-refractivity contribution in [3.05, 3.63) is 36.5 Å². The molecule has 0 saturated heterocycles. The van der Waals surface area contributed by atoms with Gasteiger partial charge in [0.15, 0.2) is 0 Å². The maximum atomic E-state index is 6.77. The molecule has 0 aliphatic carbocycles. The van der Waals surface area contributed by atoms with Gasteiger partial charge in [0, 0.05) is 6.54 Å². The van der Waals surface area contributed by atoms with Crippen LogP contribution in [0.3, 0.4) is 0 Å². The fourth-order valence-corrected chi connectivity index (χ4v) is 3.80. The van der Waals surface area contributed by atoms with Gasteiger partial charge in [0.1, 0.15) is 11.5 Å². The van der Waals surface area contributed by atoms with Crippen LogP contribution < -0.4 is 9.16 Å². The molecule has 4 heteroatoms. The summed E-state index contributed by atoms with van der Waals surface area (Å²) >= 11 is 0. The summed E-state index contributed by atoms with van der Waals surface area (Å²) in [5, 5.41) is 1.23. The fourth-order valence-electron chi connectivity index (χ4n) is 2.76. The normalized spacial score (nSPS) is 12.5. The van der Waals surface area contributed by atoms with Crippen molar-refractivity contribution in [2.75, 3.05) is 7.11 Å². The van der Waals surface area contributed by atoms with E-state index in [4.69, 9.17) is 9.16 Å². The van der Waals surface area contributed by atoms with Crippen molar-refractivity contribution in [1.29, 1.82) is 0 Å². The lowest BCUT2D eigenvalue weighted by molar-refractivity contribution is 0.417. The Morgan fingerprint density at radius 1 is 1.25 bits per heavy atom. The molecule has 0 spiro atoms. The van der Waals surface area contributed by atoms with E-state index in [1.54, 1.807) is 7.11 Å². The third-order valence-corrected chi connectivity index (χ3v) is 9.47. The highest BCUT2D eigenvalue weighted by Gasteiger charge is 2.40. The van der Waals surface area contributed by atoms with Gasteiger partial charge in [0.05, 0.1) is 23.7 Å². The third-order valence-electron chi connectivity index (χ3n) is 5.14. The molecule has 24 heavy (non-hydrogen) atoms. The maximum absolute atomic E-state index is 6.77. The van der Waals surface area contributed by atoms with Crippen molar-refractivity contribution in [2.45, 2.75) is 58.8 Å². The topological polar surface area (TPSA) is 23.4 Å². The molecule has 1 aromatic carbocycles. The zero-order chi connectivity index (χ0) is 18.1. The minimum atomic E-state index is -1.95. The highest BCUT2D eigenvalue weighted by molar-refractivity contribution is 6.74. The predicted octanol–water partition coefficient (Wildman–Crippen LogP) is 5.78. The van der Waals surface area contributed by atoms with Crippen LogP contribution in [0.1, 0.15) is 33.4 Å². The number of methoxy groups -OCH3 is 1. The summed E-state index contributed by atoms with van der Waals surface area (Å²) in [4.78, 5) is 0. The molecule has 2 aromatic rings. The molecule has 3 nitrogen and oxygen atoms in total. The molecule has 0 aliphatic rings. The van der Waals surface area contributed by atoms with Gasteiger partial charge in [-0.3, -0.25) is 0 Å². The Morgan fingerprint density at radius 2 is 1.92 bits per heavy atom. The summed E-state index contributed by atoms with van der Waals surface area (Å²) in [5.41, 5.74) is 2.37. The standard InChI is InChI=1S/C20H31NO2Si/c1-9-14-21-15(10-2)19(23-24(7,8)20(3,4)5)18-16(21)12-11-13-17(18)22-6/h9,11-13H,1,10,14H2,2-8H3. The second-order valence-corrected chi connectivity index (χ2v) is 12.5. The molecule has 0 N–H and O–H groups in total. The number of nitrogens with zero attached hydrogens (tertiary/aromatic N) is 1. The molecular formula is C20H31NO2Si. The van der Waals surface area contributed by atoms with Crippen LogP contribution in [-0.4, -0.2) is 20.0 Å². The maximum Gasteiger partial charge on any atom is 0.250 e. The minimum absolute atomic E-state index is 0.146. The Hall–Kier alpha value is -1.68. The molecular weight excluding hydrogens is 314 g/mol. The number of aromatic nitrogens is 1. The minimum Gasteiger partial charge on any atom is -0.542 e. The average Bonchev–Trinajstić information content (AvgIpc) is 2.79. The molecule has 1 heterocycles. The number of hydrogen-bond acceptors (Lipinski definition) is 2. The summed E-state index contributed by atoms with van der Waals surface area (Å²) < 4.78 is 14.7. The smallest absolute Gasteiger partial charge is 0.250 e. The Balaban J connectivity index is 2.78. The van der Waals surface area contributed by atoms with Crippen LogP contribution in [0.4, 0.5) is 0 Å². The first-order valence-electron chi connectivity index (χ1n) is 8.66. The van der Waals surface area contributed by atoms with Crippen molar-refractivity contribution >= 4 is 19.2 Å². The van der Waals surface area contributed by atoms with Gasteiger partial charge in [0.25, 0.3) is 8.32 Å². The first-order chi connectivity index (χ1) is 11.2. The largest absolute Gasteiger partial charge is 0.542 e. The zero-order valence-corrected chi connectivity index (χ0v) is 17.2. The second-order valence-electron chi connectivity index (χ2n) is 7.75. The molecule has 132 valence electrons. The van der Waals surface area contributed by atoms with E-state index in [2.05, 4.69) is 58.0 Å². The van der Waals surface area contributed by atoms with Crippen molar-refractivity contribution in [2.24, 2.45) is 0 Å². The number of allylic oxidation sites excluding steroid dienone is 1. The number of fused-ring (bicyclic) bond motifs is 1. The van der Waals surface area contributed by atoms with E-state index >= 15 is 0 Å². The Bertz CT molecular complexity index is 738. The highest BCUT2D eigenvalue weighted by atomic mass is 28.4. The van der Waals surface area contributed by atoms with Crippen LogP contribution >= 0.6 is 0 Å². The number of benzene rings is 1. The SMILES string of the molecule is C=CCn1c(CC)c(O[Si](C)(C)C(C)(C)C)c2c(OC)cccc21. The summed E-state index contributed by atoms with van der Waals surface area (Å²) in [6.07, 6.45) is 2.85. The van der Waals surface area contributed by atoms with Crippen molar-refractivity contribution in [1.82, 2.24) is 4.57 Å². The quantitative estimate of drug-likeness (QED) is 0.489. The van der Waals surface area contributed by atoms with Crippen LogP contribution in [0.25, 0.3) is 10.9 Å². The van der Waals surface area contributed by atoms with E-state index in [-0.39, 0.29) is 5.04 Å². The van der Waals surface area contributed by atoms with Gasteiger partial charge < -0.3 is 13.7 Å². The van der Waals surface area contributed by atoms with Gasteiger partial charge in [-0.1, -0.05) is 39.8 Å². The van der Waals surface area contributed by atoms with Crippen LogP contribution in [0, 0.1) is 0 Å². The van der Waals surface area contributed by atoms with E-state index in [1.165, 1.54) is 5.69 Å². The molecule has 0 unspecified atom stereocenters. The van der Waals surface area contributed by atoms with Crippen LogP contribution in [0.15, 0.2) is 30.9 Å². The number of ether oxygens (including phenoxy) is 1. The number of hydrogen-bond donors (Lipinski definition) is 0. The number of rotatable bonds is 6. The molecule has 0 aliphatic heterocycles. The van der Waals surface area contributed by atoms with Crippen LogP contribution in [0.5, 0.6) is 11.5 Å². The van der Waals surface area contributed by atoms with Gasteiger partial charge in [-0.15, -0.1) is 6.58 Å². The van der Waals surface area contributed by atoms with Gasteiger partial charge >= 0.3 is 0 Å². The fraction of sp³-hybridized carbons (Fsp3) is 0.500.